The fourth-order valence-corrected chi connectivity index (χ4v) is 2.22. The lowest BCUT2D eigenvalue weighted by atomic mass is 10.1. The Hall–Kier alpha value is -2.81. The molecule has 0 saturated carbocycles. The van der Waals surface area contributed by atoms with E-state index in [1.54, 1.807) is 13.0 Å². The highest BCUT2D eigenvalue weighted by Gasteiger charge is 2.34. The van der Waals surface area contributed by atoms with Crippen molar-refractivity contribution in [3.8, 4) is 0 Å². The summed E-state index contributed by atoms with van der Waals surface area (Å²) in [7, 11) is 0. The molecule has 1 aromatic carbocycles. The Labute approximate surface area is 145 Å². The average molecular weight is 370 g/mol. The second kappa shape index (κ2) is 6.60. The van der Waals surface area contributed by atoms with Crippen molar-refractivity contribution in [1.82, 2.24) is 15.1 Å². The molecule has 0 aliphatic heterocycles. The molecule has 25 heavy (non-hydrogen) atoms. The lowest BCUT2D eigenvalue weighted by Gasteiger charge is -2.14. The first-order valence-corrected chi connectivity index (χ1v) is 7.35. The molecule has 0 fully saturated rings. The molecular formula is C15H11ClF3N5O. The lowest BCUT2D eigenvalue weighted by Crippen LogP contribution is -2.09. The van der Waals surface area contributed by atoms with Crippen LogP contribution in [0.15, 0.2) is 41.2 Å². The number of aryl methyl sites for hydroxylation is 1. The Kier molecular flexibility index (Phi) is 4.49. The van der Waals surface area contributed by atoms with E-state index < -0.39 is 11.7 Å². The van der Waals surface area contributed by atoms with Crippen LogP contribution in [0.3, 0.4) is 0 Å². The molecule has 130 valence electrons. The van der Waals surface area contributed by atoms with Crippen LogP contribution in [0.5, 0.6) is 0 Å². The third-order valence-electron chi connectivity index (χ3n) is 3.10. The van der Waals surface area contributed by atoms with Crippen molar-refractivity contribution < 1.29 is 17.7 Å². The van der Waals surface area contributed by atoms with Crippen LogP contribution < -0.4 is 10.6 Å². The summed E-state index contributed by atoms with van der Waals surface area (Å²) in [6.07, 6.45) is -3.35. The molecule has 3 rings (SSSR count). The standard InChI is InChI=1S/C15H11ClF3N5O/c1-8-4-14(24-25-8)23-13-6-12(20-7-21-13)22-11-3-2-9(16)5-10(11)15(17,18)19/h2-7H,1H3,(H2,20,21,22,23,24). The van der Waals surface area contributed by atoms with Crippen molar-refractivity contribution in [1.29, 1.82) is 0 Å². The number of nitrogens with one attached hydrogen (secondary N) is 2. The van der Waals surface area contributed by atoms with Gasteiger partial charge in [0.15, 0.2) is 5.82 Å². The van der Waals surface area contributed by atoms with Crippen LogP contribution in [0.2, 0.25) is 5.02 Å². The predicted molar refractivity (Wildman–Crippen MR) is 86.3 cm³/mol. The van der Waals surface area contributed by atoms with Crippen LogP contribution >= 0.6 is 11.6 Å². The van der Waals surface area contributed by atoms with E-state index in [1.165, 1.54) is 24.5 Å². The highest BCUT2D eigenvalue weighted by molar-refractivity contribution is 6.30. The fourth-order valence-electron chi connectivity index (χ4n) is 2.05. The van der Waals surface area contributed by atoms with Gasteiger partial charge < -0.3 is 15.2 Å². The van der Waals surface area contributed by atoms with Crippen LogP contribution in [0, 0.1) is 6.92 Å². The molecule has 2 aromatic heterocycles. The maximum Gasteiger partial charge on any atom is 0.418 e. The number of hydrogen-bond acceptors (Lipinski definition) is 6. The van der Waals surface area contributed by atoms with Crippen molar-refractivity contribution in [3.63, 3.8) is 0 Å². The predicted octanol–water partition coefficient (Wildman–Crippen LogP) is 4.93. The molecule has 6 nitrogen and oxygen atoms in total. The molecule has 0 spiro atoms. The Morgan fingerprint density at radius 3 is 2.36 bits per heavy atom. The average Bonchev–Trinajstić information content (AvgIpc) is 2.93. The molecule has 0 aliphatic rings. The van der Waals surface area contributed by atoms with Gasteiger partial charge in [-0.3, -0.25) is 0 Å². The van der Waals surface area contributed by atoms with Crippen molar-refractivity contribution in [2.24, 2.45) is 0 Å². The van der Waals surface area contributed by atoms with Gasteiger partial charge >= 0.3 is 6.18 Å². The van der Waals surface area contributed by atoms with Crippen LogP contribution in [-0.2, 0) is 6.18 Å². The van der Waals surface area contributed by atoms with Crippen molar-refractivity contribution in [3.05, 3.63) is 53.0 Å². The van der Waals surface area contributed by atoms with Gasteiger partial charge in [-0.2, -0.15) is 13.2 Å². The number of alkyl halides is 3. The second-order valence-corrected chi connectivity index (χ2v) is 5.49. The molecule has 3 aromatic rings. The number of rotatable bonds is 4. The van der Waals surface area contributed by atoms with Crippen molar-refractivity contribution in [2.75, 3.05) is 10.6 Å². The van der Waals surface area contributed by atoms with E-state index >= 15 is 0 Å². The smallest absolute Gasteiger partial charge is 0.360 e. The maximum atomic E-state index is 13.1. The number of nitrogens with zero attached hydrogens (tertiary/aromatic N) is 3. The summed E-state index contributed by atoms with van der Waals surface area (Å²) in [4.78, 5) is 7.90. The third kappa shape index (κ3) is 4.18. The number of benzene rings is 1. The first kappa shape index (κ1) is 17.0. The van der Waals surface area contributed by atoms with Gasteiger partial charge in [-0.25, -0.2) is 9.97 Å². The largest absolute Gasteiger partial charge is 0.418 e. The minimum atomic E-state index is -4.56. The molecule has 2 heterocycles. The van der Waals surface area contributed by atoms with Crippen LogP contribution in [0.25, 0.3) is 0 Å². The van der Waals surface area contributed by atoms with Gasteiger partial charge in [0, 0.05) is 17.2 Å². The zero-order valence-electron chi connectivity index (χ0n) is 12.7. The molecule has 2 N–H and O–H groups in total. The number of aromatic nitrogens is 3. The van der Waals surface area contributed by atoms with Gasteiger partial charge in [-0.1, -0.05) is 16.8 Å². The summed E-state index contributed by atoms with van der Waals surface area (Å²) < 4.78 is 44.3. The fraction of sp³-hybridized carbons (Fsp3) is 0.133. The summed E-state index contributed by atoms with van der Waals surface area (Å²) in [5.74, 6) is 1.54. The quantitative estimate of drug-likeness (QED) is 0.679. The summed E-state index contributed by atoms with van der Waals surface area (Å²) in [6, 6.07) is 6.54. The van der Waals surface area contributed by atoms with E-state index in [4.69, 9.17) is 16.1 Å². The second-order valence-electron chi connectivity index (χ2n) is 5.05. The SMILES string of the molecule is Cc1cc(Nc2cc(Nc3ccc(Cl)cc3C(F)(F)F)ncn2)no1. The molecule has 0 amide bonds. The molecule has 0 bridgehead atoms. The van der Waals surface area contributed by atoms with E-state index in [0.29, 0.717) is 17.4 Å². The van der Waals surface area contributed by atoms with Crippen molar-refractivity contribution in [2.45, 2.75) is 13.1 Å². The Bertz CT molecular complexity index is 897. The molecule has 10 heteroatoms. The van der Waals surface area contributed by atoms with E-state index in [1.807, 2.05) is 0 Å². The van der Waals surface area contributed by atoms with E-state index in [-0.39, 0.29) is 16.5 Å². The molecular weight excluding hydrogens is 359 g/mol. The normalized spacial score (nSPS) is 11.4. The minimum Gasteiger partial charge on any atom is -0.360 e. The first-order valence-electron chi connectivity index (χ1n) is 6.97. The molecule has 0 atom stereocenters. The monoisotopic (exact) mass is 369 g/mol. The molecule has 0 aliphatic carbocycles. The number of anilines is 4. The van der Waals surface area contributed by atoms with Gasteiger partial charge in [-0.05, 0) is 25.1 Å². The number of hydrogen-bond donors (Lipinski definition) is 2. The summed E-state index contributed by atoms with van der Waals surface area (Å²) in [6.45, 7) is 1.73. The molecule has 0 radical (unpaired) electrons. The highest BCUT2D eigenvalue weighted by atomic mass is 35.5. The summed E-state index contributed by atoms with van der Waals surface area (Å²) >= 11 is 5.66. The van der Waals surface area contributed by atoms with Crippen molar-refractivity contribution >= 4 is 34.7 Å². The Morgan fingerprint density at radius 1 is 1.00 bits per heavy atom. The number of halogens is 4. The minimum absolute atomic E-state index is 0.00989. The van der Waals surface area contributed by atoms with Gasteiger partial charge in [0.1, 0.15) is 23.7 Å². The topological polar surface area (TPSA) is 75.9 Å². The van der Waals surface area contributed by atoms with Gasteiger partial charge in [0.05, 0.1) is 11.3 Å². The maximum absolute atomic E-state index is 13.1. The molecule has 0 saturated heterocycles. The van der Waals surface area contributed by atoms with Crippen LogP contribution in [0.4, 0.5) is 36.3 Å². The van der Waals surface area contributed by atoms with E-state index in [2.05, 4.69) is 25.8 Å². The van der Waals surface area contributed by atoms with Gasteiger partial charge in [-0.15, -0.1) is 0 Å². The van der Waals surface area contributed by atoms with Gasteiger partial charge in [0.25, 0.3) is 0 Å². The van der Waals surface area contributed by atoms with E-state index in [0.717, 1.165) is 6.07 Å². The van der Waals surface area contributed by atoms with Gasteiger partial charge in [0.2, 0.25) is 0 Å². The van der Waals surface area contributed by atoms with Crippen LogP contribution in [-0.4, -0.2) is 15.1 Å². The zero-order chi connectivity index (χ0) is 18.0. The third-order valence-corrected chi connectivity index (χ3v) is 3.34. The zero-order valence-corrected chi connectivity index (χ0v) is 13.5. The summed E-state index contributed by atoms with van der Waals surface area (Å²) in [5.41, 5.74) is -1.06. The van der Waals surface area contributed by atoms with E-state index in [9.17, 15) is 13.2 Å². The first-order chi connectivity index (χ1) is 11.8. The Morgan fingerprint density at radius 2 is 1.72 bits per heavy atom. The highest BCUT2D eigenvalue weighted by Crippen LogP contribution is 2.37. The molecule has 0 unspecified atom stereocenters. The Balaban J connectivity index is 1.85. The van der Waals surface area contributed by atoms with Crippen LogP contribution in [0.1, 0.15) is 11.3 Å². The lowest BCUT2D eigenvalue weighted by molar-refractivity contribution is -0.136. The summed E-state index contributed by atoms with van der Waals surface area (Å²) in [5, 5.41) is 9.23.